The molecular weight excluding hydrogens is 434 g/mol. The molecule has 0 bridgehead atoms. The molecule has 5 nitrogen and oxygen atoms in total. The number of nitrogens with one attached hydrogen (secondary N) is 1. The van der Waals surface area contributed by atoms with E-state index >= 15 is 0 Å². The Morgan fingerprint density at radius 3 is 2.34 bits per heavy atom. The number of anilines is 1. The molecule has 0 radical (unpaired) electrons. The van der Waals surface area contributed by atoms with E-state index in [1.165, 1.54) is 0 Å². The van der Waals surface area contributed by atoms with E-state index < -0.39 is 0 Å². The number of piperidine rings is 1. The molecule has 0 amide bonds. The Kier molecular flexibility index (Phi) is 12.4. The number of benzene rings is 2. The first-order chi connectivity index (χ1) is 16.9. The van der Waals surface area contributed by atoms with E-state index in [1.807, 2.05) is 67.5 Å². The zero-order chi connectivity index (χ0) is 25.6. The number of hydrogen-bond acceptors (Lipinski definition) is 5. The maximum atomic E-state index is 12.4. The van der Waals surface area contributed by atoms with E-state index in [4.69, 9.17) is 5.73 Å². The summed E-state index contributed by atoms with van der Waals surface area (Å²) in [5, 5.41) is 3.29. The Morgan fingerprint density at radius 2 is 1.77 bits per heavy atom. The number of Topliss-reactive ketones (excluding diaryl/α,β-unsaturated/α-hetero) is 2. The third-order valence-corrected chi connectivity index (χ3v) is 6.58. The van der Waals surface area contributed by atoms with Gasteiger partial charge in [-0.15, -0.1) is 0 Å². The zero-order valence-electron chi connectivity index (χ0n) is 21.8. The third kappa shape index (κ3) is 9.08. The summed E-state index contributed by atoms with van der Waals surface area (Å²) in [5.74, 6) is 0.797. The molecule has 190 valence electrons. The number of carbonyl (C=O) groups excluding carboxylic acids is 2. The topological polar surface area (TPSA) is 75.4 Å². The molecule has 1 heterocycles. The Labute approximate surface area is 211 Å². The first-order valence-corrected chi connectivity index (χ1v) is 12.9. The molecule has 3 N–H and O–H groups in total. The number of unbranched alkanes of at least 4 members (excludes halogenated alkanes) is 1. The van der Waals surface area contributed by atoms with Crippen molar-refractivity contribution in [3.05, 3.63) is 71.8 Å². The van der Waals surface area contributed by atoms with Gasteiger partial charge in [-0.3, -0.25) is 9.59 Å². The molecule has 1 atom stereocenters. The van der Waals surface area contributed by atoms with Gasteiger partial charge in [0.05, 0.1) is 0 Å². The highest BCUT2D eigenvalue weighted by Gasteiger charge is 2.22. The molecule has 0 aromatic heterocycles. The maximum Gasteiger partial charge on any atom is 0.166 e. The Morgan fingerprint density at radius 1 is 1.09 bits per heavy atom. The molecular formula is C30H43N3O2. The molecule has 1 unspecified atom stereocenters. The number of hydrogen-bond donors (Lipinski definition) is 2. The van der Waals surface area contributed by atoms with Gasteiger partial charge in [-0.1, -0.05) is 50.6 Å². The highest BCUT2D eigenvalue weighted by Crippen LogP contribution is 2.21. The molecule has 0 saturated carbocycles. The van der Waals surface area contributed by atoms with Crippen molar-refractivity contribution in [2.24, 2.45) is 17.6 Å². The van der Waals surface area contributed by atoms with Crippen molar-refractivity contribution in [3.8, 4) is 0 Å². The average molecular weight is 478 g/mol. The van der Waals surface area contributed by atoms with E-state index in [0.717, 1.165) is 74.0 Å². The van der Waals surface area contributed by atoms with Crippen LogP contribution in [-0.2, 0) is 0 Å². The maximum absolute atomic E-state index is 12.4. The van der Waals surface area contributed by atoms with Crippen molar-refractivity contribution in [2.75, 3.05) is 38.6 Å². The van der Waals surface area contributed by atoms with Gasteiger partial charge in [-0.25, -0.2) is 0 Å². The number of nitrogens with two attached hydrogens (primary N) is 1. The molecule has 1 fully saturated rings. The van der Waals surface area contributed by atoms with Gasteiger partial charge in [-0.2, -0.15) is 0 Å². The largest absolute Gasteiger partial charge is 0.378 e. The highest BCUT2D eigenvalue weighted by atomic mass is 16.1. The van der Waals surface area contributed by atoms with Crippen LogP contribution in [0.15, 0.2) is 55.1 Å². The van der Waals surface area contributed by atoms with E-state index in [1.54, 1.807) is 6.08 Å². The normalized spacial score (nSPS) is 14.4. The molecule has 2 aromatic carbocycles. The average Bonchev–Trinajstić information content (AvgIpc) is 2.91. The number of carbonyl (C=O) groups is 2. The minimum Gasteiger partial charge on any atom is -0.378 e. The second-order valence-corrected chi connectivity index (χ2v) is 9.44. The van der Waals surface area contributed by atoms with E-state index in [9.17, 15) is 9.59 Å². The van der Waals surface area contributed by atoms with Gasteiger partial charge in [0.25, 0.3) is 0 Å². The SMILES string of the molecule is C=Cc1cccc(C(=O)C(CCN)CCCC)c1.CN(C)c1ccc(C(=O)C2CCNCC2)cc1. The second kappa shape index (κ2) is 15.3. The molecule has 3 rings (SSSR count). The Balaban J connectivity index is 0.000000247. The van der Waals surface area contributed by atoms with Crippen LogP contribution in [0.25, 0.3) is 6.08 Å². The van der Waals surface area contributed by atoms with Gasteiger partial charge < -0.3 is 16.0 Å². The summed E-state index contributed by atoms with van der Waals surface area (Å²) >= 11 is 0. The number of ketones is 2. The van der Waals surface area contributed by atoms with Crippen LogP contribution in [0.1, 0.15) is 71.7 Å². The molecule has 1 aliphatic rings. The molecule has 0 aliphatic carbocycles. The lowest BCUT2D eigenvalue weighted by Crippen LogP contribution is -2.31. The van der Waals surface area contributed by atoms with Gasteiger partial charge in [0.1, 0.15) is 0 Å². The summed E-state index contributed by atoms with van der Waals surface area (Å²) < 4.78 is 0. The smallest absolute Gasteiger partial charge is 0.166 e. The Hall–Kier alpha value is -2.76. The monoisotopic (exact) mass is 477 g/mol. The van der Waals surface area contributed by atoms with Crippen LogP contribution >= 0.6 is 0 Å². The second-order valence-electron chi connectivity index (χ2n) is 9.44. The first-order valence-electron chi connectivity index (χ1n) is 12.9. The van der Waals surface area contributed by atoms with Gasteiger partial charge in [0.15, 0.2) is 11.6 Å². The van der Waals surface area contributed by atoms with Gasteiger partial charge in [0, 0.05) is 42.7 Å². The van der Waals surface area contributed by atoms with E-state index in [-0.39, 0.29) is 17.6 Å². The zero-order valence-corrected chi connectivity index (χ0v) is 21.8. The van der Waals surface area contributed by atoms with E-state index in [2.05, 4.69) is 18.8 Å². The van der Waals surface area contributed by atoms with Crippen LogP contribution in [-0.4, -0.2) is 45.3 Å². The van der Waals surface area contributed by atoms with Crippen LogP contribution in [0.5, 0.6) is 0 Å². The van der Waals surface area contributed by atoms with Crippen molar-refractivity contribution < 1.29 is 9.59 Å². The molecule has 1 saturated heterocycles. The van der Waals surface area contributed by atoms with Crippen molar-refractivity contribution in [3.63, 3.8) is 0 Å². The van der Waals surface area contributed by atoms with Crippen molar-refractivity contribution >= 4 is 23.3 Å². The van der Waals surface area contributed by atoms with Crippen molar-refractivity contribution in [2.45, 2.75) is 45.4 Å². The quantitative estimate of drug-likeness (QED) is 0.412. The van der Waals surface area contributed by atoms with Crippen molar-refractivity contribution in [1.82, 2.24) is 5.32 Å². The minimum absolute atomic E-state index is 0.0648. The van der Waals surface area contributed by atoms with Gasteiger partial charge >= 0.3 is 0 Å². The number of rotatable bonds is 11. The highest BCUT2D eigenvalue weighted by molar-refractivity contribution is 5.98. The molecule has 1 aliphatic heterocycles. The summed E-state index contributed by atoms with van der Waals surface area (Å²) in [4.78, 5) is 26.7. The summed E-state index contributed by atoms with van der Waals surface area (Å²) in [6.45, 7) is 8.37. The molecule has 35 heavy (non-hydrogen) atoms. The fraction of sp³-hybridized carbons (Fsp3) is 0.467. The molecule has 0 spiro atoms. The lowest BCUT2D eigenvalue weighted by atomic mass is 9.89. The fourth-order valence-corrected chi connectivity index (χ4v) is 4.36. The molecule has 2 aromatic rings. The van der Waals surface area contributed by atoms with Crippen LogP contribution < -0.4 is 16.0 Å². The minimum atomic E-state index is 0.0648. The lowest BCUT2D eigenvalue weighted by molar-refractivity contribution is 0.0891. The van der Waals surface area contributed by atoms with E-state index in [0.29, 0.717) is 12.3 Å². The van der Waals surface area contributed by atoms with Crippen LogP contribution in [0.4, 0.5) is 5.69 Å². The van der Waals surface area contributed by atoms with Crippen molar-refractivity contribution in [1.29, 1.82) is 0 Å². The standard InChI is InChI=1S/C16H23NO.C14H20N2O/c1-3-5-8-14(10-11-17)16(18)15-9-6-7-13(4-2)12-15;1-16(2)13-5-3-11(4-6-13)14(17)12-7-9-15-10-8-12/h4,6-7,9,12,14H,2-3,5,8,10-11,17H2,1H3;3-6,12,15H,7-10H2,1-2H3. The summed E-state index contributed by atoms with van der Waals surface area (Å²) in [6, 6.07) is 15.6. The van der Waals surface area contributed by atoms with Crippen LogP contribution in [0.2, 0.25) is 0 Å². The summed E-state index contributed by atoms with van der Waals surface area (Å²) in [7, 11) is 4.01. The predicted octanol–water partition coefficient (Wildman–Crippen LogP) is 5.60. The first kappa shape index (κ1) is 28.5. The Bertz CT molecular complexity index is 931. The molecule has 5 heteroatoms. The summed E-state index contributed by atoms with van der Waals surface area (Å²) in [6.07, 6.45) is 7.60. The van der Waals surface area contributed by atoms with Gasteiger partial charge in [-0.05, 0) is 81.2 Å². The number of nitrogens with zero attached hydrogens (tertiary/aromatic N) is 1. The van der Waals surface area contributed by atoms with Gasteiger partial charge in [0.2, 0.25) is 0 Å². The third-order valence-electron chi connectivity index (χ3n) is 6.58. The predicted molar refractivity (Wildman–Crippen MR) is 148 cm³/mol. The van der Waals surface area contributed by atoms with Crippen LogP contribution in [0, 0.1) is 11.8 Å². The summed E-state index contributed by atoms with van der Waals surface area (Å²) in [5.41, 5.74) is 9.35. The fourth-order valence-electron chi connectivity index (χ4n) is 4.36. The van der Waals surface area contributed by atoms with Crippen LogP contribution in [0.3, 0.4) is 0 Å². The lowest BCUT2D eigenvalue weighted by Gasteiger charge is -2.21.